The first-order chi connectivity index (χ1) is 15.4. The summed E-state index contributed by atoms with van der Waals surface area (Å²) in [5.41, 5.74) is 1.78. The number of rotatable bonds is 6. The molecule has 168 valence electrons. The highest BCUT2D eigenvalue weighted by Crippen LogP contribution is 2.32. The molecule has 1 aromatic heterocycles. The van der Waals surface area contributed by atoms with Crippen molar-refractivity contribution in [2.24, 2.45) is 5.92 Å². The van der Waals surface area contributed by atoms with E-state index < -0.39 is 19.0 Å². The number of hydrogen-bond donors (Lipinski definition) is 3. The molecule has 9 heteroatoms. The molecule has 0 radical (unpaired) electrons. The molecule has 2 heterocycles. The Kier molecular flexibility index (Phi) is 6.65. The molecule has 1 amide bonds. The molecule has 0 bridgehead atoms. The number of hydrogen-bond acceptors (Lipinski definition) is 6. The lowest BCUT2D eigenvalue weighted by atomic mass is 9.72. The lowest BCUT2D eigenvalue weighted by Gasteiger charge is -2.36. The summed E-state index contributed by atoms with van der Waals surface area (Å²) in [5, 5.41) is 22.5. The molecule has 0 spiro atoms. The maximum absolute atomic E-state index is 12.7. The van der Waals surface area contributed by atoms with Gasteiger partial charge in [0.15, 0.2) is 0 Å². The molecule has 3 N–H and O–H groups in total. The zero-order valence-corrected chi connectivity index (χ0v) is 18.1. The largest absolute Gasteiger partial charge is 0.547 e. The van der Waals surface area contributed by atoms with Crippen molar-refractivity contribution >= 4 is 24.7 Å². The minimum absolute atomic E-state index is 0.0133. The Labute approximate surface area is 187 Å². The van der Waals surface area contributed by atoms with Gasteiger partial charge in [0.2, 0.25) is 5.91 Å². The zero-order valence-electron chi connectivity index (χ0n) is 18.1. The highest BCUT2D eigenvalue weighted by Gasteiger charge is 2.38. The van der Waals surface area contributed by atoms with Crippen molar-refractivity contribution in [3.05, 3.63) is 53.9 Å². The molecular weight excluding hydrogens is 409 g/mol. The van der Waals surface area contributed by atoms with Crippen LogP contribution in [0.2, 0.25) is 0 Å². The smallest absolute Gasteiger partial charge is 0.534 e. The van der Waals surface area contributed by atoms with Gasteiger partial charge in [-0.1, -0.05) is 12.1 Å². The Morgan fingerprint density at radius 2 is 2.00 bits per heavy atom. The van der Waals surface area contributed by atoms with Crippen LogP contribution in [0.25, 0.3) is 0 Å². The average molecular weight is 437 g/mol. The lowest BCUT2D eigenvalue weighted by Crippen LogP contribution is -2.53. The molecule has 1 aliphatic carbocycles. The normalized spacial score (nSPS) is 22.4. The predicted octanol–water partition coefficient (Wildman–Crippen LogP) is 2.30. The van der Waals surface area contributed by atoms with Crippen LogP contribution in [0.15, 0.2) is 42.7 Å². The molecular formula is C23H28BN3O5. The molecule has 1 fully saturated rings. The van der Waals surface area contributed by atoms with Gasteiger partial charge in [-0.25, -0.2) is 4.79 Å². The third-order valence-electron chi connectivity index (χ3n) is 6.59. The van der Waals surface area contributed by atoms with Crippen LogP contribution in [0.1, 0.15) is 48.0 Å². The van der Waals surface area contributed by atoms with Crippen LogP contribution >= 0.6 is 0 Å². The van der Waals surface area contributed by atoms with E-state index in [-0.39, 0.29) is 17.2 Å². The molecule has 32 heavy (non-hydrogen) atoms. The Bertz CT molecular complexity index is 965. The Morgan fingerprint density at radius 3 is 2.69 bits per heavy atom. The van der Waals surface area contributed by atoms with Crippen molar-refractivity contribution in [1.82, 2.24) is 10.3 Å². The Morgan fingerprint density at radius 1 is 1.22 bits per heavy atom. The van der Waals surface area contributed by atoms with Crippen molar-refractivity contribution in [2.45, 2.75) is 50.5 Å². The van der Waals surface area contributed by atoms with E-state index in [1.807, 2.05) is 12.3 Å². The maximum Gasteiger partial charge on any atom is 0.547 e. The van der Waals surface area contributed by atoms with Gasteiger partial charge in [0.1, 0.15) is 5.75 Å². The van der Waals surface area contributed by atoms with Gasteiger partial charge in [-0.2, -0.15) is 0 Å². The summed E-state index contributed by atoms with van der Waals surface area (Å²) < 4.78 is 5.46. The molecule has 1 atom stereocenters. The molecule has 2 aromatic rings. The van der Waals surface area contributed by atoms with Gasteiger partial charge < -0.3 is 25.0 Å². The topological polar surface area (TPSA) is 112 Å². The summed E-state index contributed by atoms with van der Waals surface area (Å²) in [4.78, 5) is 30.5. The molecule has 0 saturated heterocycles. The van der Waals surface area contributed by atoms with Crippen molar-refractivity contribution in [2.75, 3.05) is 11.9 Å². The van der Waals surface area contributed by atoms with E-state index in [0.29, 0.717) is 30.4 Å². The lowest BCUT2D eigenvalue weighted by molar-refractivity contribution is -0.122. The SMILES string of the molecule is CN(c1cccnc1)[C@H]1CC[C@H](CC(=O)N[C@H]2Cc3cccc(C(=O)O)c3OB2O)CC1. The standard InChI is InChI=1S/C23H28BN3O5/c1-27(18-5-3-11-25-14-18)17-9-7-15(8-10-17)12-21(28)26-20-13-16-4-2-6-19(23(29)30)22(16)32-24(20)31/h2-6,11,14-15,17,20,31H,7-10,12-13H2,1H3,(H,26,28)(H,29,30)/t15-,17-,20-/m0/s1. The number of aromatic nitrogens is 1. The average Bonchev–Trinajstić information content (AvgIpc) is 2.79. The van der Waals surface area contributed by atoms with Crippen LogP contribution in [0.4, 0.5) is 5.69 Å². The third-order valence-corrected chi connectivity index (χ3v) is 6.59. The van der Waals surface area contributed by atoms with Crippen LogP contribution < -0.4 is 14.9 Å². The number of benzene rings is 1. The molecule has 1 aromatic carbocycles. The van der Waals surface area contributed by atoms with Gasteiger partial charge in [-0.3, -0.25) is 9.78 Å². The summed E-state index contributed by atoms with van der Waals surface area (Å²) in [5.74, 6) is -1.34. The minimum Gasteiger partial charge on any atom is -0.534 e. The number of amides is 1. The van der Waals surface area contributed by atoms with E-state index in [4.69, 9.17) is 4.65 Å². The number of carbonyl (C=O) groups excluding carboxylic acids is 1. The molecule has 2 aliphatic rings. The molecule has 8 nitrogen and oxygen atoms in total. The van der Waals surface area contributed by atoms with Crippen molar-refractivity contribution in [3.8, 4) is 5.75 Å². The maximum atomic E-state index is 12.7. The van der Waals surface area contributed by atoms with E-state index in [1.54, 1.807) is 18.3 Å². The van der Waals surface area contributed by atoms with E-state index in [0.717, 1.165) is 31.4 Å². The number of carboxylic acids is 1. The fraction of sp³-hybridized carbons (Fsp3) is 0.435. The van der Waals surface area contributed by atoms with Gasteiger partial charge in [0, 0.05) is 25.7 Å². The zero-order chi connectivity index (χ0) is 22.7. The van der Waals surface area contributed by atoms with Crippen LogP contribution in [0.3, 0.4) is 0 Å². The molecule has 1 aliphatic heterocycles. The number of carboxylic acid groups (broad SMARTS) is 1. The molecule has 0 unspecified atom stereocenters. The van der Waals surface area contributed by atoms with Crippen molar-refractivity contribution in [1.29, 1.82) is 0 Å². The second-order valence-electron chi connectivity index (χ2n) is 8.69. The van der Waals surface area contributed by atoms with Crippen molar-refractivity contribution in [3.63, 3.8) is 0 Å². The summed E-state index contributed by atoms with van der Waals surface area (Å²) in [6.07, 6.45) is 8.35. The van der Waals surface area contributed by atoms with Gasteiger partial charge >= 0.3 is 13.1 Å². The number of carbonyl (C=O) groups is 2. The Hall–Kier alpha value is -3.07. The van der Waals surface area contributed by atoms with Crippen LogP contribution in [0.5, 0.6) is 5.75 Å². The summed E-state index contributed by atoms with van der Waals surface area (Å²) in [7, 11) is 0.808. The summed E-state index contributed by atoms with van der Waals surface area (Å²) in [6.45, 7) is 0. The van der Waals surface area contributed by atoms with Crippen LogP contribution in [0, 0.1) is 5.92 Å². The monoisotopic (exact) mass is 437 g/mol. The highest BCUT2D eigenvalue weighted by atomic mass is 16.5. The Balaban J connectivity index is 1.28. The fourth-order valence-electron chi connectivity index (χ4n) is 4.75. The number of fused-ring (bicyclic) bond motifs is 1. The third kappa shape index (κ3) is 4.88. The quantitative estimate of drug-likeness (QED) is 0.595. The van der Waals surface area contributed by atoms with Gasteiger partial charge in [-0.15, -0.1) is 0 Å². The van der Waals surface area contributed by atoms with E-state index in [2.05, 4.69) is 28.3 Å². The fourth-order valence-corrected chi connectivity index (χ4v) is 4.75. The minimum atomic E-state index is -1.28. The van der Waals surface area contributed by atoms with Gasteiger partial charge in [0.05, 0.1) is 23.4 Å². The number of para-hydroxylation sites is 1. The van der Waals surface area contributed by atoms with Gasteiger partial charge in [0.25, 0.3) is 0 Å². The number of nitrogens with zero attached hydrogens (tertiary/aromatic N) is 2. The van der Waals surface area contributed by atoms with E-state index in [1.165, 1.54) is 6.07 Å². The number of anilines is 1. The number of aromatic carboxylic acids is 1. The van der Waals surface area contributed by atoms with Crippen LogP contribution in [-0.4, -0.2) is 53.1 Å². The second-order valence-corrected chi connectivity index (χ2v) is 8.69. The molecule has 4 rings (SSSR count). The number of pyridine rings is 1. The second kappa shape index (κ2) is 9.60. The van der Waals surface area contributed by atoms with Gasteiger partial charge in [-0.05, 0) is 61.8 Å². The van der Waals surface area contributed by atoms with E-state index in [9.17, 15) is 19.7 Å². The summed E-state index contributed by atoms with van der Waals surface area (Å²) >= 11 is 0. The number of nitrogens with one attached hydrogen (secondary N) is 1. The first kappa shape index (κ1) is 22.1. The first-order valence-electron chi connectivity index (χ1n) is 11.0. The molecule has 1 saturated carbocycles. The first-order valence-corrected chi connectivity index (χ1v) is 11.0. The highest BCUT2D eigenvalue weighted by molar-refractivity contribution is 6.47. The van der Waals surface area contributed by atoms with Crippen molar-refractivity contribution < 1.29 is 24.4 Å². The van der Waals surface area contributed by atoms with Crippen LogP contribution in [-0.2, 0) is 11.2 Å². The summed E-state index contributed by atoms with van der Waals surface area (Å²) in [6, 6.07) is 9.27. The van der Waals surface area contributed by atoms with E-state index >= 15 is 0 Å². The predicted molar refractivity (Wildman–Crippen MR) is 121 cm³/mol.